The van der Waals surface area contributed by atoms with Crippen LogP contribution in [0.15, 0.2) is 140 Å². The number of aromatic nitrogens is 2. The smallest absolute Gasteiger partial charge is 0.413 e. The summed E-state index contributed by atoms with van der Waals surface area (Å²) in [6, 6.07) is 31.3. The molecule has 2 saturated heterocycles. The Hall–Kier alpha value is -9.36. The summed E-state index contributed by atoms with van der Waals surface area (Å²) in [6.07, 6.45) is -0.337. The molecule has 0 saturated carbocycles. The summed E-state index contributed by atoms with van der Waals surface area (Å²) in [6.45, 7) is 13.3. The zero-order valence-electron chi connectivity index (χ0n) is 49.3. The van der Waals surface area contributed by atoms with E-state index in [2.05, 4.69) is 42.2 Å². The molecule has 31 heteroatoms. The average molecular weight is 1340 g/mol. The van der Waals surface area contributed by atoms with Gasteiger partial charge >= 0.3 is 56.1 Å². The van der Waals surface area contributed by atoms with Crippen LogP contribution in [0.25, 0.3) is 0 Å². The van der Waals surface area contributed by atoms with Crippen LogP contribution < -0.4 is 33.8 Å². The molecule has 0 atom stereocenters. The van der Waals surface area contributed by atoms with E-state index in [4.69, 9.17) is 47.2 Å². The Kier molecular flexibility index (Phi) is 24.3. The van der Waals surface area contributed by atoms with Gasteiger partial charge in [0.1, 0.15) is 44.2 Å². The van der Waals surface area contributed by atoms with Crippen LogP contribution in [0.5, 0.6) is 23.3 Å². The van der Waals surface area contributed by atoms with Crippen LogP contribution in [0, 0.1) is 10.8 Å². The number of ether oxygens (including phenoxy) is 4. The molecule has 4 aromatic carbocycles. The molecule has 2 aliphatic rings. The molecule has 2 fully saturated rings. The normalized spacial score (nSPS) is 13.5. The van der Waals surface area contributed by atoms with Crippen LogP contribution in [-0.4, -0.2) is 153 Å². The minimum Gasteiger partial charge on any atom is -0.494 e. The monoisotopic (exact) mass is 1330 g/mol. The number of alkyl carbamates (subject to hydrolysis) is 2. The van der Waals surface area contributed by atoms with Gasteiger partial charge in [0.15, 0.2) is 11.5 Å². The zero-order valence-corrected chi connectivity index (χ0v) is 52.5. The molecular weight excluding hydrogens is 1270 g/mol. The lowest BCUT2D eigenvalue weighted by atomic mass is 10.2. The van der Waals surface area contributed by atoms with Gasteiger partial charge < -0.3 is 56.4 Å². The summed E-state index contributed by atoms with van der Waals surface area (Å²) in [5.74, 6) is -1.20. The van der Waals surface area contributed by atoms with Crippen LogP contribution in [0.1, 0.15) is 77.0 Å². The fourth-order valence-electron chi connectivity index (χ4n) is 7.69. The van der Waals surface area contributed by atoms with Crippen LogP contribution in [-0.2, 0) is 60.8 Å². The lowest BCUT2D eigenvalue weighted by Crippen LogP contribution is -2.54. The lowest BCUT2D eigenvalue weighted by Gasteiger charge is -2.33. The summed E-state index contributed by atoms with van der Waals surface area (Å²) in [4.78, 5) is 76.2. The van der Waals surface area contributed by atoms with Gasteiger partial charge in [-0.05, 0) is 137 Å². The number of carbonyl (C=O) groups excluding carboxylic acids is 6. The number of amides is 6. The number of carbonyl (C=O) groups is 6. The van der Waals surface area contributed by atoms with Crippen molar-refractivity contribution < 1.29 is 82.0 Å². The minimum atomic E-state index is -4.10. The van der Waals surface area contributed by atoms with Crippen LogP contribution in [0.2, 0.25) is 0 Å². The van der Waals surface area contributed by atoms with Crippen molar-refractivity contribution in [3.8, 4) is 23.3 Å². The van der Waals surface area contributed by atoms with Crippen molar-refractivity contribution in [2.45, 2.75) is 87.3 Å². The van der Waals surface area contributed by atoms with Gasteiger partial charge in [0.05, 0.1) is 25.1 Å². The zero-order chi connectivity index (χ0) is 64.9. The van der Waals surface area contributed by atoms with Gasteiger partial charge in [-0.15, -0.1) is 0 Å². The molecule has 0 aliphatic carbocycles. The lowest BCUT2D eigenvalue weighted by molar-refractivity contribution is -0.156. The standard InChI is InChI=1S/C29H33N5O9S.C19H26N4O5.C10H8BrNO4S/c1-29(2,3)41-28(37)31-25(30)20-10-12-21(13-11-20)40-17-7-14-33-15-16-34(27(36)26(33)35)19-22-18-24(32-42-22)43-44(38,39)23-8-5-4-6-9-23;1-19(2,3)28-18(26)22-15(20)13-5-7-14(8-6-13)27-12-4-10-23-11-9-21-16(24)17(23)25;11-7-8-6-10(12-15-8)16-17(13,14)9-4-2-1-3-5-9/h4-6,8-13,18H,7,14-17,19H2,1-3H3,(H2,30,31,37);5-8H,4,9-12H2,1-3H3,(H,21,24)(H2,20,22,26);1-6H,7H2. The summed E-state index contributed by atoms with van der Waals surface area (Å²) in [7, 11) is -7.95. The second-order valence-electron chi connectivity index (χ2n) is 21.1. The maximum atomic E-state index is 12.7. The predicted molar refractivity (Wildman–Crippen MR) is 321 cm³/mol. The van der Waals surface area contributed by atoms with Gasteiger partial charge in [0.2, 0.25) is 0 Å². The molecule has 8 rings (SSSR count). The third-order valence-corrected chi connectivity index (χ3v) is 14.8. The second kappa shape index (κ2) is 31.5. The third kappa shape index (κ3) is 22.4. The quantitative estimate of drug-likeness (QED) is 0.0128. The molecule has 0 bridgehead atoms. The van der Waals surface area contributed by atoms with E-state index in [-0.39, 0.29) is 58.7 Å². The SMILES string of the molecule is CC(C)(C)OC(=O)NC(=N)c1ccc(OCCCN2CCN(Cc3cc(OS(=O)(=O)c4ccccc4)no3)C(=O)C2=O)cc1.CC(C)(C)OC(=O)NC(=N)c1ccc(OCCCN2CCNC(=O)C2=O)cc1.O=S(=O)(Oc1cc(CBr)on1)c1ccccc1. The van der Waals surface area contributed by atoms with Gasteiger partial charge in [-0.2, -0.15) is 16.8 Å². The highest BCUT2D eigenvalue weighted by atomic mass is 79.9. The van der Waals surface area contributed by atoms with Crippen molar-refractivity contribution in [3.63, 3.8) is 0 Å². The van der Waals surface area contributed by atoms with Crippen molar-refractivity contribution >= 4 is 83.7 Å². The van der Waals surface area contributed by atoms with E-state index in [0.717, 1.165) is 0 Å². The number of halogens is 1. The first-order valence-corrected chi connectivity index (χ1v) is 31.3. The maximum Gasteiger partial charge on any atom is 0.413 e. The van der Waals surface area contributed by atoms with Crippen molar-refractivity contribution in [3.05, 3.63) is 144 Å². The number of alkyl halides is 1. The summed E-state index contributed by atoms with van der Waals surface area (Å²) < 4.78 is 89.7. The first-order valence-electron chi connectivity index (χ1n) is 27.3. The first-order chi connectivity index (χ1) is 42.1. The van der Waals surface area contributed by atoms with Crippen molar-refractivity contribution in [2.75, 3.05) is 52.5 Å². The number of benzene rings is 4. The summed E-state index contributed by atoms with van der Waals surface area (Å²) in [5.41, 5.74) is -0.326. The summed E-state index contributed by atoms with van der Waals surface area (Å²) >= 11 is 3.16. The molecule has 0 unspecified atom stereocenters. The topological polar surface area (TPSA) is 372 Å². The summed E-state index contributed by atoms with van der Waals surface area (Å²) in [5, 5.41) is 30.8. The molecule has 0 spiro atoms. The number of piperazine rings is 2. The predicted octanol–water partition coefficient (Wildman–Crippen LogP) is 6.53. The van der Waals surface area contributed by atoms with Gasteiger partial charge in [-0.25, -0.2) is 9.59 Å². The largest absolute Gasteiger partial charge is 0.494 e. The molecular formula is C58H67BrN10O18S2. The van der Waals surface area contributed by atoms with Crippen molar-refractivity contribution in [1.29, 1.82) is 10.8 Å². The van der Waals surface area contributed by atoms with E-state index in [1.165, 1.54) is 51.1 Å². The highest BCUT2D eigenvalue weighted by Crippen LogP contribution is 2.23. The third-order valence-electron chi connectivity index (χ3n) is 11.8. The fraction of sp³-hybridized carbons (Fsp3) is 0.345. The molecule has 2 aliphatic heterocycles. The van der Waals surface area contributed by atoms with Crippen LogP contribution in [0.4, 0.5) is 9.59 Å². The Morgan fingerprint density at radius 1 is 0.584 bits per heavy atom. The van der Waals surface area contributed by atoms with Gasteiger partial charge in [0, 0.05) is 62.5 Å². The maximum absolute atomic E-state index is 12.7. The Morgan fingerprint density at radius 2 is 0.989 bits per heavy atom. The fourth-order valence-corrected chi connectivity index (χ4v) is 9.73. The van der Waals surface area contributed by atoms with E-state index in [1.54, 1.807) is 126 Å². The van der Waals surface area contributed by atoms with E-state index in [9.17, 15) is 45.6 Å². The first kappa shape index (κ1) is 68.7. The van der Waals surface area contributed by atoms with Gasteiger partial charge in [-0.3, -0.25) is 40.6 Å². The molecule has 6 aromatic rings. The minimum absolute atomic E-state index is 0.0455. The van der Waals surface area contributed by atoms with E-state index >= 15 is 0 Å². The molecule has 0 radical (unpaired) electrons. The number of amidine groups is 2. The Bertz CT molecular complexity index is 3650. The number of rotatable bonds is 21. The van der Waals surface area contributed by atoms with E-state index in [1.807, 2.05) is 0 Å². The van der Waals surface area contributed by atoms with Crippen LogP contribution >= 0.6 is 15.9 Å². The Morgan fingerprint density at radius 3 is 1.42 bits per heavy atom. The molecule has 89 heavy (non-hydrogen) atoms. The van der Waals surface area contributed by atoms with E-state index < -0.39 is 67.3 Å². The average Bonchev–Trinajstić information content (AvgIpc) is 2.29. The Labute approximate surface area is 521 Å². The highest BCUT2D eigenvalue weighted by Gasteiger charge is 2.33. The number of nitrogens with one attached hydrogen (secondary N) is 5. The molecule has 4 heterocycles. The highest BCUT2D eigenvalue weighted by molar-refractivity contribution is 9.08. The van der Waals surface area contributed by atoms with Gasteiger partial charge in [0.25, 0.3) is 11.8 Å². The van der Waals surface area contributed by atoms with E-state index in [0.29, 0.717) is 85.9 Å². The molecule has 28 nitrogen and oxygen atoms in total. The molecule has 2 aromatic heterocycles. The number of nitrogens with zero attached hydrogens (tertiary/aromatic N) is 5. The van der Waals surface area contributed by atoms with Crippen molar-refractivity contribution in [1.82, 2.24) is 41.0 Å². The molecule has 476 valence electrons. The van der Waals surface area contributed by atoms with Crippen LogP contribution in [0.3, 0.4) is 0 Å². The molecule has 6 amide bonds. The molecule has 5 N–H and O–H groups in total. The van der Waals surface area contributed by atoms with Gasteiger partial charge in [-0.1, -0.05) is 52.3 Å². The van der Waals surface area contributed by atoms with Crippen molar-refractivity contribution in [2.24, 2.45) is 0 Å². The number of hydrogen-bond donors (Lipinski definition) is 5. The second-order valence-corrected chi connectivity index (χ2v) is 24.8. The number of hydrogen-bond acceptors (Lipinski definition) is 22. The Balaban J connectivity index is 0.000000238.